The molecule has 202 valence electrons. The van der Waals surface area contributed by atoms with Crippen molar-refractivity contribution in [1.82, 2.24) is 19.9 Å². The summed E-state index contributed by atoms with van der Waals surface area (Å²) in [4.78, 5) is 16.1. The van der Waals surface area contributed by atoms with Crippen molar-refractivity contribution in [2.45, 2.75) is 37.8 Å². The highest BCUT2D eigenvalue weighted by molar-refractivity contribution is 5.82. The number of benzene rings is 2. The highest BCUT2D eigenvalue weighted by atomic mass is 16.5. The molecule has 2 N–H and O–H groups in total. The minimum atomic E-state index is 0.200. The molecule has 2 aromatic carbocycles. The van der Waals surface area contributed by atoms with E-state index in [2.05, 4.69) is 36.6 Å². The summed E-state index contributed by atoms with van der Waals surface area (Å²) >= 11 is 0. The molecule has 2 aliphatic rings. The Morgan fingerprint density at radius 3 is 2.56 bits per heavy atom. The van der Waals surface area contributed by atoms with Gasteiger partial charge in [0, 0.05) is 42.5 Å². The summed E-state index contributed by atoms with van der Waals surface area (Å²) in [5.74, 6) is 2.60. The van der Waals surface area contributed by atoms with Crippen molar-refractivity contribution >= 4 is 34.0 Å². The van der Waals surface area contributed by atoms with Gasteiger partial charge in [-0.15, -0.1) is 0 Å². The quantitative estimate of drug-likeness (QED) is 0.307. The van der Waals surface area contributed by atoms with E-state index in [9.17, 15) is 0 Å². The first kappa shape index (κ1) is 25.3. The number of pyridine rings is 1. The molecule has 2 fully saturated rings. The van der Waals surface area contributed by atoms with Crippen molar-refractivity contribution in [2.75, 3.05) is 44.0 Å². The van der Waals surface area contributed by atoms with Crippen LogP contribution in [0.2, 0.25) is 0 Å². The van der Waals surface area contributed by atoms with Crippen LogP contribution in [0.3, 0.4) is 0 Å². The van der Waals surface area contributed by atoms with Gasteiger partial charge < -0.3 is 24.8 Å². The van der Waals surface area contributed by atoms with Crippen molar-refractivity contribution in [3.05, 3.63) is 67.0 Å². The first-order chi connectivity index (χ1) is 19.2. The molecule has 1 aliphatic carbocycles. The maximum absolute atomic E-state index is 6.39. The van der Waals surface area contributed by atoms with Crippen molar-refractivity contribution in [3.63, 3.8) is 0 Å². The van der Waals surface area contributed by atoms with Gasteiger partial charge in [0.05, 0.1) is 43.8 Å². The molecule has 0 atom stereocenters. The van der Waals surface area contributed by atoms with Gasteiger partial charge in [-0.3, -0.25) is 9.88 Å². The van der Waals surface area contributed by atoms with Gasteiger partial charge >= 0.3 is 0 Å². The van der Waals surface area contributed by atoms with Crippen molar-refractivity contribution in [3.8, 4) is 11.5 Å². The predicted molar refractivity (Wildman–Crippen MR) is 152 cm³/mol. The zero-order valence-electron chi connectivity index (χ0n) is 22.2. The van der Waals surface area contributed by atoms with Gasteiger partial charge in [-0.05, 0) is 56.0 Å². The van der Waals surface area contributed by atoms with Crippen LogP contribution in [-0.4, -0.2) is 65.4 Å². The van der Waals surface area contributed by atoms with E-state index in [0.29, 0.717) is 23.6 Å². The molecule has 0 radical (unpaired) electrons. The molecule has 1 saturated carbocycles. The van der Waals surface area contributed by atoms with Crippen LogP contribution in [-0.2, 0) is 4.74 Å². The molecule has 0 bridgehead atoms. The molecular formula is C30H34N6O3. The fourth-order valence-electron chi connectivity index (χ4n) is 5.40. The van der Waals surface area contributed by atoms with E-state index in [1.165, 1.54) is 0 Å². The number of anilines is 4. The average Bonchev–Trinajstić information content (AvgIpc) is 2.99. The Morgan fingerprint density at radius 1 is 0.872 bits per heavy atom. The van der Waals surface area contributed by atoms with Gasteiger partial charge in [-0.25, -0.2) is 4.98 Å². The topological polar surface area (TPSA) is 93.7 Å². The fourth-order valence-corrected chi connectivity index (χ4v) is 5.40. The third kappa shape index (κ3) is 6.21. The molecule has 0 unspecified atom stereocenters. The number of fused-ring (bicyclic) bond motifs is 1. The molecule has 1 aliphatic heterocycles. The molecule has 9 nitrogen and oxygen atoms in total. The van der Waals surface area contributed by atoms with Gasteiger partial charge in [0.15, 0.2) is 11.5 Å². The molecular weight excluding hydrogens is 492 g/mol. The number of nitrogens with one attached hydrogen (secondary N) is 2. The zero-order chi connectivity index (χ0) is 26.4. The minimum absolute atomic E-state index is 0.200. The van der Waals surface area contributed by atoms with Crippen LogP contribution in [0.15, 0.2) is 67.0 Å². The number of para-hydroxylation sites is 1. The highest BCUT2D eigenvalue weighted by Gasteiger charge is 2.28. The summed E-state index contributed by atoms with van der Waals surface area (Å²) in [6.45, 7) is 3.78. The van der Waals surface area contributed by atoms with Crippen LogP contribution in [0, 0.1) is 0 Å². The number of aromatic nitrogens is 3. The number of hydrogen-bond acceptors (Lipinski definition) is 9. The van der Waals surface area contributed by atoms with E-state index in [0.717, 1.165) is 80.0 Å². The van der Waals surface area contributed by atoms with E-state index in [-0.39, 0.29) is 6.10 Å². The van der Waals surface area contributed by atoms with Gasteiger partial charge in [-0.1, -0.05) is 18.2 Å². The smallest absolute Gasteiger partial charge is 0.229 e. The van der Waals surface area contributed by atoms with E-state index >= 15 is 0 Å². The first-order valence-electron chi connectivity index (χ1n) is 13.6. The van der Waals surface area contributed by atoms with E-state index < -0.39 is 0 Å². The SMILES string of the molecule is COc1cc(Nc2nccc(Nc3cnc4ccccc4c3)n2)ccc1OC1CCC(N2CCOCC2)CC1. The zero-order valence-corrected chi connectivity index (χ0v) is 22.2. The van der Waals surface area contributed by atoms with E-state index in [4.69, 9.17) is 14.2 Å². The highest BCUT2D eigenvalue weighted by Crippen LogP contribution is 2.35. The first-order valence-corrected chi connectivity index (χ1v) is 13.6. The summed E-state index contributed by atoms with van der Waals surface area (Å²) in [6.07, 6.45) is 8.12. The van der Waals surface area contributed by atoms with Crippen molar-refractivity contribution in [1.29, 1.82) is 0 Å². The molecule has 6 rings (SSSR count). The lowest BCUT2D eigenvalue weighted by molar-refractivity contribution is -0.00121. The Morgan fingerprint density at radius 2 is 1.72 bits per heavy atom. The predicted octanol–water partition coefficient (Wildman–Crippen LogP) is 5.54. The second kappa shape index (κ2) is 11.8. The fraction of sp³-hybridized carbons (Fsp3) is 0.367. The molecule has 3 heterocycles. The third-order valence-electron chi connectivity index (χ3n) is 7.44. The number of morpholine rings is 1. The molecule has 0 spiro atoms. The maximum Gasteiger partial charge on any atom is 0.229 e. The summed E-state index contributed by atoms with van der Waals surface area (Å²) < 4.78 is 17.6. The molecule has 1 saturated heterocycles. The van der Waals surface area contributed by atoms with Crippen LogP contribution in [0.4, 0.5) is 23.1 Å². The van der Waals surface area contributed by atoms with Crippen molar-refractivity contribution < 1.29 is 14.2 Å². The van der Waals surface area contributed by atoms with Crippen LogP contribution in [0.1, 0.15) is 25.7 Å². The Hall–Kier alpha value is -3.95. The standard InChI is InChI=1S/C30H34N6O3/c1-37-28-19-22(6-11-27(28)39-25-9-7-24(8-10-25)36-14-16-38-17-15-36)34-30-31-13-12-29(35-30)33-23-18-21-4-2-3-5-26(21)32-20-23/h2-6,11-13,18-20,24-25H,7-10,14-17H2,1H3,(H2,31,33,34,35). The molecule has 2 aromatic heterocycles. The molecule has 0 amide bonds. The molecule has 39 heavy (non-hydrogen) atoms. The van der Waals surface area contributed by atoms with Crippen LogP contribution in [0.25, 0.3) is 10.9 Å². The number of methoxy groups -OCH3 is 1. The lowest BCUT2D eigenvalue weighted by Crippen LogP contribution is -2.46. The van der Waals surface area contributed by atoms with Gasteiger partial charge in [0.1, 0.15) is 5.82 Å². The lowest BCUT2D eigenvalue weighted by atomic mass is 9.91. The third-order valence-corrected chi connectivity index (χ3v) is 7.44. The van der Waals surface area contributed by atoms with Crippen molar-refractivity contribution in [2.24, 2.45) is 0 Å². The summed E-state index contributed by atoms with van der Waals surface area (Å²) in [6, 6.07) is 18.4. The number of rotatable bonds is 8. The minimum Gasteiger partial charge on any atom is -0.493 e. The number of hydrogen-bond donors (Lipinski definition) is 2. The van der Waals surface area contributed by atoms with Crippen LogP contribution < -0.4 is 20.1 Å². The van der Waals surface area contributed by atoms with Crippen LogP contribution >= 0.6 is 0 Å². The Balaban J connectivity index is 1.08. The second-order valence-electron chi connectivity index (χ2n) is 9.99. The number of ether oxygens (including phenoxy) is 3. The Bertz CT molecular complexity index is 1400. The summed E-state index contributed by atoms with van der Waals surface area (Å²) in [7, 11) is 1.67. The van der Waals surface area contributed by atoms with Gasteiger partial charge in [0.2, 0.25) is 5.95 Å². The molecule has 9 heteroatoms. The number of nitrogens with zero attached hydrogens (tertiary/aromatic N) is 4. The normalized spacial score (nSPS) is 19.9. The largest absolute Gasteiger partial charge is 0.493 e. The average molecular weight is 527 g/mol. The maximum atomic E-state index is 6.39. The Kier molecular flexibility index (Phi) is 7.69. The van der Waals surface area contributed by atoms with E-state index in [1.54, 1.807) is 19.5 Å². The lowest BCUT2D eigenvalue weighted by Gasteiger charge is -2.38. The second-order valence-corrected chi connectivity index (χ2v) is 9.99. The van der Waals surface area contributed by atoms with Crippen LogP contribution in [0.5, 0.6) is 11.5 Å². The monoisotopic (exact) mass is 526 g/mol. The summed E-state index contributed by atoms with van der Waals surface area (Å²) in [5, 5.41) is 7.66. The van der Waals surface area contributed by atoms with Gasteiger partial charge in [-0.2, -0.15) is 4.98 Å². The van der Waals surface area contributed by atoms with E-state index in [1.807, 2.05) is 48.5 Å². The summed E-state index contributed by atoms with van der Waals surface area (Å²) in [5.41, 5.74) is 2.63. The Labute approximate surface area is 228 Å². The van der Waals surface area contributed by atoms with Gasteiger partial charge in [0.25, 0.3) is 0 Å². The molecule has 4 aromatic rings.